The van der Waals surface area contributed by atoms with E-state index in [9.17, 15) is 14.9 Å². The fourth-order valence-corrected chi connectivity index (χ4v) is 2.61. The highest BCUT2D eigenvalue weighted by Gasteiger charge is 2.28. The van der Waals surface area contributed by atoms with Crippen molar-refractivity contribution in [2.24, 2.45) is 0 Å². The van der Waals surface area contributed by atoms with Gasteiger partial charge < -0.3 is 9.84 Å². The highest BCUT2D eigenvalue weighted by molar-refractivity contribution is 7.17. The molecule has 0 fully saturated rings. The lowest BCUT2D eigenvalue weighted by atomic mass is 10.2. The van der Waals surface area contributed by atoms with Crippen LogP contribution in [0, 0.1) is 17.0 Å². The van der Waals surface area contributed by atoms with Gasteiger partial charge in [0.2, 0.25) is 0 Å². The van der Waals surface area contributed by atoms with E-state index in [1.54, 1.807) is 0 Å². The molecule has 1 heterocycles. The van der Waals surface area contributed by atoms with Crippen LogP contribution in [0.5, 0.6) is 5.75 Å². The number of aromatic carboxylic acids is 1. The Morgan fingerprint density at radius 3 is 2.60 bits per heavy atom. The molecule has 0 aliphatic rings. The van der Waals surface area contributed by atoms with Gasteiger partial charge in [-0.1, -0.05) is 41.7 Å². The summed E-state index contributed by atoms with van der Waals surface area (Å²) in [6.45, 7) is 1.65. The molecule has 1 aromatic heterocycles. The third-order valence-corrected chi connectivity index (χ3v) is 3.87. The molecule has 0 unspecified atom stereocenters. The zero-order chi connectivity index (χ0) is 14.7. The van der Waals surface area contributed by atoms with Crippen molar-refractivity contribution in [1.29, 1.82) is 0 Å². The molecule has 0 bridgehead atoms. The Bertz CT molecular complexity index is 650. The number of carboxylic acids is 1. The van der Waals surface area contributed by atoms with Gasteiger partial charge in [-0.2, -0.15) is 0 Å². The molecule has 0 spiro atoms. The van der Waals surface area contributed by atoms with Crippen LogP contribution >= 0.6 is 11.3 Å². The van der Waals surface area contributed by atoms with Gasteiger partial charge in [-0.05, 0) is 12.5 Å². The quantitative estimate of drug-likeness (QED) is 0.675. The summed E-state index contributed by atoms with van der Waals surface area (Å²) in [5, 5.41) is 19.7. The maximum Gasteiger partial charge on any atom is 0.349 e. The number of rotatable bonds is 5. The maximum absolute atomic E-state index is 11.1. The second kappa shape index (κ2) is 5.70. The molecule has 0 radical (unpaired) electrons. The average molecular weight is 293 g/mol. The van der Waals surface area contributed by atoms with E-state index in [1.165, 1.54) is 6.92 Å². The van der Waals surface area contributed by atoms with Gasteiger partial charge in [-0.25, -0.2) is 4.79 Å². The first-order chi connectivity index (χ1) is 9.50. The van der Waals surface area contributed by atoms with Crippen molar-refractivity contribution in [2.45, 2.75) is 13.5 Å². The third-order valence-electron chi connectivity index (χ3n) is 2.65. The summed E-state index contributed by atoms with van der Waals surface area (Å²) >= 11 is 0.614. The van der Waals surface area contributed by atoms with Crippen LogP contribution in [0.2, 0.25) is 0 Å². The molecular formula is C13H11NO5S. The van der Waals surface area contributed by atoms with Crippen molar-refractivity contribution in [3.05, 3.63) is 56.5 Å². The highest BCUT2D eigenvalue weighted by Crippen LogP contribution is 2.40. The molecule has 1 N–H and O–H groups in total. The normalized spacial score (nSPS) is 10.2. The minimum absolute atomic E-state index is 0.0676. The van der Waals surface area contributed by atoms with Gasteiger partial charge in [-0.15, -0.1) is 0 Å². The van der Waals surface area contributed by atoms with E-state index in [0.29, 0.717) is 11.3 Å². The van der Waals surface area contributed by atoms with E-state index >= 15 is 0 Å². The summed E-state index contributed by atoms with van der Waals surface area (Å²) in [4.78, 5) is 21.2. The van der Waals surface area contributed by atoms with Crippen molar-refractivity contribution in [3.63, 3.8) is 0 Å². The summed E-state index contributed by atoms with van der Waals surface area (Å²) in [6.07, 6.45) is 0. The van der Waals surface area contributed by atoms with Crippen LogP contribution in [0.15, 0.2) is 30.3 Å². The third kappa shape index (κ3) is 2.77. The smallest absolute Gasteiger partial charge is 0.349 e. The number of thiophene rings is 1. The van der Waals surface area contributed by atoms with Gasteiger partial charge in [0.25, 0.3) is 0 Å². The van der Waals surface area contributed by atoms with Crippen LogP contribution in [-0.2, 0) is 6.61 Å². The largest absolute Gasteiger partial charge is 0.487 e. The number of hydrogen-bond donors (Lipinski definition) is 1. The Balaban J connectivity index is 2.30. The molecule has 2 rings (SSSR count). The zero-order valence-corrected chi connectivity index (χ0v) is 11.3. The molecule has 20 heavy (non-hydrogen) atoms. The molecule has 0 saturated heterocycles. The molecule has 0 saturated carbocycles. The van der Waals surface area contributed by atoms with E-state index in [2.05, 4.69) is 0 Å². The van der Waals surface area contributed by atoms with Gasteiger partial charge in [0.05, 0.1) is 10.5 Å². The number of hydrogen-bond acceptors (Lipinski definition) is 5. The molecular weight excluding hydrogens is 282 g/mol. The first-order valence-corrected chi connectivity index (χ1v) is 6.50. The number of benzene rings is 1. The van der Waals surface area contributed by atoms with Gasteiger partial charge in [0, 0.05) is 0 Å². The number of ether oxygens (including phenoxy) is 1. The lowest BCUT2D eigenvalue weighted by Crippen LogP contribution is -2.01. The molecule has 6 nitrogen and oxygen atoms in total. The number of carboxylic acid groups (broad SMARTS) is 1. The Morgan fingerprint density at radius 2 is 2.05 bits per heavy atom. The van der Waals surface area contributed by atoms with Crippen molar-refractivity contribution < 1.29 is 19.6 Å². The number of nitrogens with zero attached hydrogens (tertiary/aromatic N) is 1. The molecule has 2 aromatic rings. The molecule has 1 aromatic carbocycles. The van der Waals surface area contributed by atoms with Crippen molar-refractivity contribution in [3.8, 4) is 5.75 Å². The zero-order valence-electron chi connectivity index (χ0n) is 10.5. The molecule has 0 aliphatic heterocycles. The van der Waals surface area contributed by atoms with E-state index < -0.39 is 10.9 Å². The Hall–Kier alpha value is -2.41. The molecule has 104 valence electrons. The van der Waals surface area contributed by atoms with Gasteiger partial charge >= 0.3 is 11.0 Å². The van der Waals surface area contributed by atoms with E-state index in [1.807, 2.05) is 30.3 Å². The fraction of sp³-hybridized carbons (Fsp3) is 0.154. The Morgan fingerprint density at radius 1 is 1.40 bits per heavy atom. The summed E-state index contributed by atoms with van der Waals surface area (Å²) < 4.78 is 5.47. The van der Waals surface area contributed by atoms with Crippen LogP contribution in [0.3, 0.4) is 0 Å². The molecule has 0 amide bonds. The SMILES string of the molecule is Cc1c([N+](=O)[O-])sc(C(=O)O)c1OCc1ccccc1. The monoisotopic (exact) mass is 293 g/mol. The molecule has 0 aliphatic carbocycles. The van der Waals surface area contributed by atoms with Crippen molar-refractivity contribution in [1.82, 2.24) is 0 Å². The maximum atomic E-state index is 11.1. The summed E-state index contributed by atoms with van der Waals surface area (Å²) in [5.41, 5.74) is 1.10. The number of carbonyl (C=O) groups is 1. The van der Waals surface area contributed by atoms with Crippen LogP contribution in [0.25, 0.3) is 0 Å². The van der Waals surface area contributed by atoms with Crippen LogP contribution < -0.4 is 4.74 Å². The van der Waals surface area contributed by atoms with E-state index in [-0.39, 0.29) is 27.8 Å². The standard InChI is InChI=1S/C13H11NO5S/c1-8-10(19-7-9-5-3-2-4-6-9)11(13(15)16)20-12(8)14(17)18/h2-6H,7H2,1H3,(H,15,16). The van der Waals surface area contributed by atoms with E-state index in [4.69, 9.17) is 9.84 Å². The Kier molecular flexibility index (Phi) is 3.99. The minimum atomic E-state index is -1.23. The topological polar surface area (TPSA) is 89.7 Å². The summed E-state index contributed by atoms with van der Waals surface area (Å²) in [5.74, 6) is -1.16. The first-order valence-electron chi connectivity index (χ1n) is 5.68. The predicted molar refractivity (Wildman–Crippen MR) is 73.4 cm³/mol. The predicted octanol–water partition coefficient (Wildman–Crippen LogP) is 3.24. The fourth-order valence-electron chi connectivity index (χ4n) is 1.71. The van der Waals surface area contributed by atoms with Gasteiger partial charge in [0.15, 0.2) is 10.6 Å². The number of nitro groups is 1. The van der Waals surface area contributed by atoms with Gasteiger partial charge in [-0.3, -0.25) is 10.1 Å². The lowest BCUT2D eigenvalue weighted by Gasteiger charge is -2.06. The minimum Gasteiger partial charge on any atom is -0.487 e. The Labute approximate surface area is 118 Å². The second-order valence-electron chi connectivity index (χ2n) is 4.03. The van der Waals surface area contributed by atoms with Crippen molar-refractivity contribution in [2.75, 3.05) is 0 Å². The van der Waals surface area contributed by atoms with Crippen LogP contribution in [0.1, 0.15) is 20.8 Å². The van der Waals surface area contributed by atoms with Crippen molar-refractivity contribution >= 4 is 22.3 Å². The summed E-state index contributed by atoms with van der Waals surface area (Å²) in [6, 6.07) is 9.18. The van der Waals surface area contributed by atoms with Crippen LogP contribution in [-0.4, -0.2) is 16.0 Å². The van der Waals surface area contributed by atoms with Crippen LogP contribution in [0.4, 0.5) is 5.00 Å². The first kappa shape index (κ1) is 14.0. The van der Waals surface area contributed by atoms with E-state index in [0.717, 1.165) is 5.56 Å². The molecule has 0 atom stereocenters. The average Bonchev–Trinajstić information content (AvgIpc) is 2.75. The highest BCUT2D eigenvalue weighted by atomic mass is 32.1. The molecule has 7 heteroatoms. The summed E-state index contributed by atoms with van der Waals surface area (Å²) in [7, 11) is 0. The second-order valence-corrected chi connectivity index (χ2v) is 5.03. The lowest BCUT2D eigenvalue weighted by molar-refractivity contribution is -0.380. The van der Waals surface area contributed by atoms with Gasteiger partial charge in [0.1, 0.15) is 6.61 Å².